The van der Waals surface area contributed by atoms with E-state index in [-0.39, 0.29) is 5.60 Å². The van der Waals surface area contributed by atoms with Gasteiger partial charge in [0, 0.05) is 6.61 Å². The molecule has 1 aliphatic heterocycles. The summed E-state index contributed by atoms with van der Waals surface area (Å²) in [6.45, 7) is 5.27. The van der Waals surface area contributed by atoms with Crippen LogP contribution in [0.3, 0.4) is 0 Å². The molecule has 0 spiro atoms. The lowest BCUT2D eigenvalue weighted by molar-refractivity contribution is 0.0112. The van der Waals surface area contributed by atoms with E-state index in [0.717, 1.165) is 18.8 Å². The third-order valence-corrected chi connectivity index (χ3v) is 3.56. The van der Waals surface area contributed by atoms with E-state index in [1.54, 1.807) is 7.11 Å². The van der Waals surface area contributed by atoms with Crippen molar-refractivity contribution in [2.75, 3.05) is 13.7 Å². The Kier molecular flexibility index (Phi) is 3.20. The quantitative estimate of drug-likeness (QED) is 0.779. The van der Waals surface area contributed by atoms with Crippen LogP contribution < -0.4 is 4.74 Å². The van der Waals surface area contributed by atoms with E-state index in [0.29, 0.717) is 5.92 Å². The number of hydrogen-bond acceptors (Lipinski definition) is 2. The maximum Gasteiger partial charge on any atom is 0.118 e. The molecule has 1 fully saturated rings. The molecule has 1 unspecified atom stereocenters. The summed E-state index contributed by atoms with van der Waals surface area (Å²) in [6, 6.07) is 8.34. The Bertz CT molecular complexity index is 340. The van der Waals surface area contributed by atoms with Crippen LogP contribution in [0.5, 0.6) is 5.75 Å². The summed E-state index contributed by atoms with van der Waals surface area (Å²) < 4.78 is 10.9. The average molecular weight is 220 g/mol. The summed E-state index contributed by atoms with van der Waals surface area (Å²) in [5, 5.41) is 0. The molecule has 0 radical (unpaired) electrons. The Morgan fingerprint density at radius 1 is 1.31 bits per heavy atom. The Morgan fingerprint density at radius 3 is 2.50 bits per heavy atom. The van der Waals surface area contributed by atoms with Crippen LogP contribution in [-0.4, -0.2) is 19.3 Å². The van der Waals surface area contributed by atoms with Crippen LogP contribution >= 0.6 is 0 Å². The highest BCUT2D eigenvalue weighted by Gasteiger charge is 2.35. The van der Waals surface area contributed by atoms with Gasteiger partial charge in [-0.15, -0.1) is 0 Å². The van der Waals surface area contributed by atoms with Crippen molar-refractivity contribution >= 4 is 0 Å². The van der Waals surface area contributed by atoms with Crippen LogP contribution in [0.1, 0.15) is 25.8 Å². The molecule has 1 aromatic rings. The van der Waals surface area contributed by atoms with Gasteiger partial charge < -0.3 is 9.47 Å². The largest absolute Gasteiger partial charge is 0.497 e. The van der Waals surface area contributed by atoms with Crippen molar-refractivity contribution in [1.82, 2.24) is 0 Å². The highest BCUT2D eigenvalue weighted by atomic mass is 16.5. The molecule has 2 heteroatoms. The van der Waals surface area contributed by atoms with Crippen LogP contribution in [0, 0.1) is 5.92 Å². The maximum atomic E-state index is 5.75. The van der Waals surface area contributed by atoms with Crippen molar-refractivity contribution < 1.29 is 9.47 Å². The fraction of sp³-hybridized carbons (Fsp3) is 0.571. The summed E-state index contributed by atoms with van der Waals surface area (Å²) in [6.07, 6.45) is 2.26. The molecule has 1 aromatic carbocycles. The third-order valence-electron chi connectivity index (χ3n) is 3.56. The normalized spacial score (nSPS) is 23.3. The third kappa shape index (κ3) is 2.38. The molecular weight excluding hydrogens is 200 g/mol. The van der Waals surface area contributed by atoms with Crippen LogP contribution in [0.25, 0.3) is 0 Å². The molecule has 88 valence electrons. The number of rotatable bonds is 3. The second-order valence-electron chi connectivity index (χ2n) is 4.99. The second-order valence-corrected chi connectivity index (χ2v) is 4.99. The van der Waals surface area contributed by atoms with Gasteiger partial charge in [0.2, 0.25) is 0 Å². The smallest absolute Gasteiger partial charge is 0.118 e. The topological polar surface area (TPSA) is 18.5 Å². The Balaban J connectivity index is 2.03. The fourth-order valence-electron chi connectivity index (χ4n) is 2.32. The highest BCUT2D eigenvalue weighted by molar-refractivity contribution is 5.27. The first kappa shape index (κ1) is 11.5. The molecule has 1 heterocycles. The first-order valence-corrected chi connectivity index (χ1v) is 5.89. The van der Waals surface area contributed by atoms with Crippen LogP contribution in [0.15, 0.2) is 24.3 Å². The van der Waals surface area contributed by atoms with Gasteiger partial charge >= 0.3 is 0 Å². The molecule has 0 aliphatic carbocycles. The van der Waals surface area contributed by atoms with Crippen molar-refractivity contribution in [2.24, 2.45) is 5.92 Å². The predicted octanol–water partition coefficient (Wildman–Crippen LogP) is 3.05. The van der Waals surface area contributed by atoms with Gasteiger partial charge in [0.25, 0.3) is 0 Å². The zero-order chi connectivity index (χ0) is 11.6. The minimum absolute atomic E-state index is 0.0277. The van der Waals surface area contributed by atoms with E-state index in [9.17, 15) is 0 Å². The van der Waals surface area contributed by atoms with E-state index in [1.807, 2.05) is 12.1 Å². The maximum absolute atomic E-state index is 5.75. The lowest BCUT2D eigenvalue weighted by atomic mass is 9.85. The Morgan fingerprint density at radius 2 is 2.00 bits per heavy atom. The van der Waals surface area contributed by atoms with Gasteiger partial charge in [-0.05, 0) is 50.3 Å². The first-order valence-electron chi connectivity index (χ1n) is 5.89. The van der Waals surface area contributed by atoms with Gasteiger partial charge in [-0.25, -0.2) is 0 Å². The van der Waals surface area contributed by atoms with Crippen LogP contribution in [-0.2, 0) is 11.2 Å². The van der Waals surface area contributed by atoms with Gasteiger partial charge in [0.1, 0.15) is 5.75 Å². The van der Waals surface area contributed by atoms with Crippen molar-refractivity contribution in [3.8, 4) is 5.75 Å². The lowest BCUT2D eigenvalue weighted by Gasteiger charge is -2.25. The predicted molar refractivity (Wildman–Crippen MR) is 64.8 cm³/mol. The molecule has 16 heavy (non-hydrogen) atoms. The molecule has 1 atom stereocenters. The lowest BCUT2D eigenvalue weighted by Crippen LogP contribution is -2.28. The molecule has 0 aromatic heterocycles. The minimum Gasteiger partial charge on any atom is -0.497 e. The van der Waals surface area contributed by atoms with E-state index in [1.165, 1.54) is 12.0 Å². The van der Waals surface area contributed by atoms with E-state index in [2.05, 4.69) is 26.0 Å². The minimum atomic E-state index is 0.0277. The Labute approximate surface area is 97.6 Å². The summed E-state index contributed by atoms with van der Waals surface area (Å²) in [7, 11) is 1.70. The van der Waals surface area contributed by atoms with Gasteiger partial charge in [-0.3, -0.25) is 0 Å². The molecule has 1 saturated heterocycles. The monoisotopic (exact) mass is 220 g/mol. The van der Waals surface area contributed by atoms with Crippen molar-refractivity contribution in [1.29, 1.82) is 0 Å². The van der Waals surface area contributed by atoms with Crippen LogP contribution in [0.4, 0.5) is 0 Å². The fourth-order valence-corrected chi connectivity index (χ4v) is 2.32. The summed E-state index contributed by atoms with van der Waals surface area (Å²) in [5.74, 6) is 1.55. The van der Waals surface area contributed by atoms with E-state index < -0.39 is 0 Å². The van der Waals surface area contributed by atoms with Crippen molar-refractivity contribution in [3.05, 3.63) is 29.8 Å². The van der Waals surface area contributed by atoms with Gasteiger partial charge in [-0.2, -0.15) is 0 Å². The second kappa shape index (κ2) is 4.46. The molecule has 0 amide bonds. The summed E-state index contributed by atoms with van der Waals surface area (Å²) in [4.78, 5) is 0. The number of methoxy groups -OCH3 is 1. The molecule has 0 saturated carbocycles. The number of ether oxygens (including phenoxy) is 2. The zero-order valence-corrected chi connectivity index (χ0v) is 10.3. The summed E-state index contributed by atoms with van der Waals surface area (Å²) >= 11 is 0. The molecule has 2 nitrogen and oxygen atoms in total. The molecule has 0 N–H and O–H groups in total. The molecule has 2 rings (SSSR count). The van der Waals surface area contributed by atoms with E-state index >= 15 is 0 Å². The first-order chi connectivity index (χ1) is 7.62. The Hall–Kier alpha value is -1.02. The van der Waals surface area contributed by atoms with Gasteiger partial charge in [0.15, 0.2) is 0 Å². The van der Waals surface area contributed by atoms with Crippen molar-refractivity contribution in [3.63, 3.8) is 0 Å². The molecular formula is C14H20O2. The summed E-state index contributed by atoms with van der Waals surface area (Å²) in [5.41, 5.74) is 1.39. The van der Waals surface area contributed by atoms with Gasteiger partial charge in [0.05, 0.1) is 12.7 Å². The molecule has 0 bridgehead atoms. The molecule has 1 aliphatic rings. The SMILES string of the molecule is COc1ccc(CC2CCOC2(C)C)cc1. The van der Waals surface area contributed by atoms with Gasteiger partial charge in [-0.1, -0.05) is 12.1 Å². The van der Waals surface area contributed by atoms with Crippen LogP contribution in [0.2, 0.25) is 0 Å². The number of hydrogen-bond donors (Lipinski definition) is 0. The van der Waals surface area contributed by atoms with E-state index in [4.69, 9.17) is 9.47 Å². The standard InChI is InChI=1S/C14H20O2/c1-14(2)12(8-9-16-14)10-11-4-6-13(15-3)7-5-11/h4-7,12H,8-10H2,1-3H3. The highest BCUT2D eigenvalue weighted by Crippen LogP contribution is 2.34. The number of benzene rings is 1. The average Bonchev–Trinajstić information content (AvgIpc) is 2.59. The van der Waals surface area contributed by atoms with Crippen molar-refractivity contribution in [2.45, 2.75) is 32.3 Å². The zero-order valence-electron chi connectivity index (χ0n) is 10.3.